The lowest BCUT2D eigenvalue weighted by atomic mass is 9.63. The van der Waals surface area contributed by atoms with Crippen LogP contribution in [0, 0.1) is 0 Å². The average Bonchev–Trinajstić information content (AvgIpc) is 3.44. The van der Waals surface area contributed by atoms with Crippen LogP contribution >= 0.6 is 11.8 Å². The second kappa shape index (κ2) is 9.37. The number of halogens is 3. The number of benzene rings is 2. The van der Waals surface area contributed by atoms with Crippen molar-refractivity contribution in [1.29, 1.82) is 0 Å². The van der Waals surface area contributed by atoms with Crippen molar-refractivity contribution in [2.75, 3.05) is 11.2 Å². The molecule has 2 aromatic carbocycles. The van der Waals surface area contributed by atoms with Crippen molar-refractivity contribution in [3.05, 3.63) is 76.4 Å². The molecule has 2 saturated carbocycles. The number of anilines is 1. The van der Waals surface area contributed by atoms with E-state index in [2.05, 4.69) is 28.7 Å². The minimum atomic E-state index is -4.55. The molecule has 0 bridgehead atoms. The molecule has 3 aromatic rings. The maximum Gasteiger partial charge on any atom is 0.416 e. The van der Waals surface area contributed by atoms with Crippen LogP contribution in [0.25, 0.3) is 0 Å². The van der Waals surface area contributed by atoms with Crippen LogP contribution in [-0.2, 0) is 31.7 Å². The standard InChI is InChI=1S/C29H32F3N5OS/c1-27(8-5-9-27)33-15-18-10-22-23(24(11-18)29(30,31)32)16-37(25(22)38)20-7-4-6-19(12-20)28(13-21(14-28)39-3)26-35-34-17-36(26)2/h4,6-7,10-12,17,21,33H,5,8-9,13-16H2,1-3H3/t21-,28+. The number of nitrogens with zero attached hydrogens (tertiary/aromatic N) is 4. The number of hydrogen-bond acceptors (Lipinski definition) is 5. The zero-order valence-corrected chi connectivity index (χ0v) is 23.1. The van der Waals surface area contributed by atoms with Gasteiger partial charge in [0.2, 0.25) is 0 Å². The molecular formula is C29H32F3N5OS. The van der Waals surface area contributed by atoms with Crippen molar-refractivity contribution in [3.63, 3.8) is 0 Å². The highest BCUT2D eigenvalue weighted by Gasteiger charge is 2.50. The minimum Gasteiger partial charge on any atom is -0.320 e. The van der Waals surface area contributed by atoms with Gasteiger partial charge in [-0.15, -0.1) is 10.2 Å². The second-order valence-electron chi connectivity index (χ2n) is 11.5. The number of nitrogens with one attached hydrogen (secondary N) is 1. The van der Waals surface area contributed by atoms with Crippen LogP contribution in [0.4, 0.5) is 18.9 Å². The van der Waals surface area contributed by atoms with E-state index in [1.165, 1.54) is 11.0 Å². The monoisotopic (exact) mass is 555 g/mol. The van der Waals surface area contributed by atoms with Crippen molar-refractivity contribution in [3.8, 4) is 0 Å². The van der Waals surface area contributed by atoms with Crippen LogP contribution < -0.4 is 10.2 Å². The van der Waals surface area contributed by atoms with Crippen molar-refractivity contribution >= 4 is 23.4 Å². The lowest BCUT2D eigenvalue weighted by Gasteiger charge is -2.46. The van der Waals surface area contributed by atoms with Gasteiger partial charge in [-0.1, -0.05) is 12.1 Å². The Morgan fingerprint density at radius 1 is 1.18 bits per heavy atom. The van der Waals surface area contributed by atoms with Crippen molar-refractivity contribution in [2.24, 2.45) is 7.05 Å². The normalized spacial score (nSPS) is 23.9. The Morgan fingerprint density at radius 2 is 1.95 bits per heavy atom. The van der Waals surface area contributed by atoms with Crippen molar-refractivity contribution in [1.82, 2.24) is 20.1 Å². The molecule has 10 heteroatoms. The van der Waals surface area contributed by atoms with Gasteiger partial charge in [-0.2, -0.15) is 24.9 Å². The van der Waals surface area contributed by atoms with Gasteiger partial charge in [-0.25, -0.2) is 0 Å². The molecule has 0 saturated heterocycles. The zero-order valence-electron chi connectivity index (χ0n) is 22.3. The van der Waals surface area contributed by atoms with E-state index in [9.17, 15) is 18.0 Å². The van der Waals surface area contributed by atoms with E-state index >= 15 is 0 Å². The molecule has 206 valence electrons. The number of aryl methyl sites for hydroxylation is 1. The maximum absolute atomic E-state index is 14.2. The van der Waals surface area contributed by atoms with E-state index < -0.39 is 17.6 Å². The summed E-state index contributed by atoms with van der Waals surface area (Å²) in [7, 11) is 1.92. The Morgan fingerprint density at radius 3 is 2.56 bits per heavy atom. The maximum atomic E-state index is 14.2. The number of alkyl halides is 3. The van der Waals surface area contributed by atoms with E-state index in [0.717, 1.165) is 43.5 Å². The fourth-order valence-electron chi connectivity index (χ4n) is 6.35. The van der Waals surface area contributed by atoms with Crippen molar-refractivity contribution < 1.29 is 18.0 Å². The highest BCUT2D eigenvalue weighted by molar-refractivity contribution is 7.99. The van der Waals surface area contributed by atoms with Gasteiger partial charge in [0.05, 0.1) is 17.5 Å². The van der Waals surface area contributed by atoms with E-state index in [1.807, 2.05) is 41.6 Å². The molecule has 3 aliphatic rings. The quantitative estimate of drug-likeness (QED) is 0.397. The summed E-state index contributed by atoms with van der Waals surface area (Å²) in [4.78, 5) is 15.1. The molecular weight excluding hydrogens is 523 g/mol. The molecule has 0 radical (unpaired) electrons. The van der Waals surface area contributed by atoms with Crippen LogP contribution in [-0.4, -0.2) is 37.7 Å². The third-order valence-corrected chi connectivity index (χ3v) is 9.92. The summed E-state index contributed by atoms with van der Waals surface area (Å²) in [6, 6.07) is 10.5. The number of hydrogen-bond donors (Lipinski definition) is 1. The Bertz CT molecular complexity index is 1420. The van der Waals surface area contributed by atoms with E-state index in [1.54, 1.807) is 18.5 Å². The van der Waals surface area contributed by atoms with Gasteiger partial charge in [-0.3, -0.25) is 4.79 Å². The molecule has 6 rings (SSSR count). The molecule has 1 amide bonds. The summed E-state index contributed by atoms with van der Waals surface area (Å²) in [6.07, 6.45) is 4.11. The first-order valence-corrected chi connectivity index (χ1v) is 14.6. The lowest BCUT2D eigenvalue weighted by Crippen LogP contribution is -2.47. The highest BCUT2D eigenvalue weighted by atomic mass is 32.2. The first kappa shape index (κ1) is 26.4. The molecule has 1 aliphatic heterocycles. The SMILES string of the molecule is CS[C@H]1C[C@@](c2cccc(N3Cc4c(cc(CNC5(C)CCC5)cc4C(F)(F)F)C3=O)c2)(c2nncn2C)C1. The summed E-state index contributed by atoms with van der Waals surface area (Å²) in [5.74, 6) is 0.463. The Labute approximate surface area is 230 Å². The number of amides is 1. The smallest absolute Gasteiger partial charge is 0.320 e. The fraction of sp³-hybridized carbons (Fsp3) is 0.483. The van der Waals surface area contributed by atoms with Gasteiger partial charge < -0.3 is 14.8 Å². The minimum absolute atomic E-state index is 0.0469. The summed E-state index contributed by atoms with van der Waals surface area (Å²) in [5, 5.41) is 12.4. The van der Waals surface area contributed by atoms with Gasteiger partial charge in [-0.05, 0) is 86.2 Å². The van der Waals surface area contributed by atoms with Crippen LogP contribution in [0.15, 0.2) is 42.7 Å². The van der Waals surface area contributed by atoms with Crippen LogP contribution in [0.2, 0.25) is 0 Å². The molecule has 0 spiro atoms. The summed E-state index contributed by atoms with van der Waals surface area (Å²) < 4.78 is 44.5. The molecule has 0 unspecified atom stereocenters. The van der Waals surface area contributed by atoms with E-state index in [-0.39, 0.29) is 28.6 Å². The fourth-order valence-corrected chi connectivity index (χ4v) is 7.25. The van der Waals surface area contributed by atoms with E-state index in [0.29, 0.717) is 23.0 Å². The van der Waals surface area contributed by atoms with Crippen LogP contribution in [0.3, 0.4) is 0 Å². The third-order valence-electron chi connectivity index (χ3n) is 8.92. The van der Waals surface area contributed by atoms with Crippen LogP contribution in [0.5, 0.6) is 0 Å². The first-order chi connectivity index (χ1) is 18.5. The molecule has 2 heterocycles. The number of rotatable bonds is 7. The predicted octanol–water partition coefficient (Wildman–Crippen LogP) is 5.84. The summed E-state index contributed by atoms with van der Waals surface area (Å²) in [6.45, 7) is 2.28. The van der Waals surface area contributed by atoms with Gasteiger partial charge in [0.1, 0.15) is 12.2 Å². The number of carbonyl (C=O) groups excluding carboxylic acids is 1. The summed E-state index contributed by atoms with van der Waals surface area (Å²) >= 11 is 1.82. The number of thioether (sulfide) groups is 1. The molecule has 1 aromatic heterocycles. The van der Waals surface area contributed by atoms with Gasteiger partial charge in [0.15, 0.2) is 0 Å². The number of aromatic nitrogens is 3. The third kappa shape index (κ3) is 4.45. The Balaban J connectivity index is 1.34. The largest absolute Gasteiger partial charge is 0.416 e. The zero-order chi connectivity index (χ0) is 27.6. The predicted molar refractivity (Wildman–Crippen MR) is 146 cm³/mol. The van der Waals surface area contributed by atoms with Gasteiger partial charge in [0.25, 0.3) is 5.91 Å². The van der Waals surface area contributed by atoms with Gasteiger partial charge in [0, 0.05) is 35.6 Å². The molecule has 39 heavy (non-hydrogen) atoms. The van der Waals surface area contributed by atoms with Crippen LogP contribution in [0.1, 0.15) is 77.5 Å². The molecule has 2 fully saturated rings. The lowest BCUT2D eigenvalue weighted by molar-refractivity contribution is -0.138. The number of fused-ring (bicyclic) bond motifs is 1. The Hall–Kier alpha value is -2.85. The molecule has 2 aliphatic carbocycles. The van der Waals surface area contributed by atoms with E-state index in [4.69, 9.17) is 0 Å². The first-order valence-electron chi connectivity index (χ1n) is 13.3. The average molecular weight is 556 g/mol. The number of carbonyl (C=O) groups is 1. The topological polar surface area (TPSA) is 63.1 Å². The highest BCUT2D eigenvalue weighted by Crippen LogP contribution is 2.52. The summed E-state index contributed by atoms with van der Waals surface area (Å²) in [5.41, 5.74) is 1.14. The van der Waals surface area contributed by atoms with Gasteiger partial charge >= 0.3 is 6.18 Å². The Kier molecular flexibility index (Phi) is 6.34. The molecule has 0 atom stereocenters. The van der Waals surface area contributed by atoms with Crippen molar-refractivity contribution in [2.45, 2.75) is 74.5 Å². The second-order valence-corrected chi connectivity index (χ2v) is 12.6. The molecule has 6 nitrogen and oxygen atoms in total. The molecule has 1 N–H and O–H groups in total.